The maximum atomic E-state index is 9.15. The molecule has 1 N–H and O–H groups in total. The molecule has 0 saturated carbocycles. The molecule has 3 unspecified atom stereocenters. The summed E-state index contributed by atoms with van der Waals surface area (Å²) in [6, 6.07) is 0. The maximum absolute atomic E-state index is 9.15. The van der Waals surface area contributed by atoms with Gasteiger partial charge < -0.3 is 14.6 Å². The first-order valence-electron chi connectivity index (χ1n) is 5.36. The molecule has 3 nitrogen and oxygen atoms in total. The van der Waals surface area contributed by atoms with E-state index in [4.69, 9.17) is 14.6 Å². The van der Waals surface area contributed by atoms with Crippen LogP contribution in [0.25, 0.3) is 0 Å². The second-order valence-electron chi connectivity index (χ2n) is 4.14. The largest absolute Gasteiger partial charge is 0.391 e. The number of aliphatic hydroxyl groups excluding tert-OH is 1. The molecular formula is C11H24O3. The first kappa shape index (κ1) is 13.9. The predicted octanol–water partition coefficient (Wildman–Crippen LogP) is 1.83. The van der Waals surface area contributed by atoms with Crippen LogP contribution in [0.15, 0.2) is 0 Å². The van der Waals surface area contributed by atoms with Crippen molar-refractivity contribution in [2.75, 3.05) is 13.2 Å². The molecule has 0 bridgehead atoms. The van der Waals surface area contributed by atoms with Crippen LogP contribution >= 0.6 is 0 Å². The number of hydrogen-bond donors (Lipinski definition) is 1. The van der Waals surface area contributed by atoms with Crippen molar-refractivity contribution in [3.63, 3.8) is 0 Å². The topological polar surface area (TPSA) is 38.7 Å². The van der Waals surface area contributed by atoms with Gasteiger partial charge >= 0.3 is 0 Å². The van der Waals surface area contributed by atoms with E-state index in [0.29, 0.717) is 19.1 Å². The van der Waals surface area contributed by atoms with Gasteiger partial charge in [-0.15, -0.1) is 0 Å². The normalized spacial score (nSPS) is 18.2. The number of rotatable bonds is 7. The molecule has 0 heterocycles. The quantitative estimate of drug-likeness (QED) is 0.643. The Kier molecular flexibility index (Phi) is 7.15. The van der Waals surface area contributed by atoms with Crippen LogP contribution in [-0.2, 0) is 9.47 Å². The standard InChI is InChI=1S/C11H24O3/c1-8(2)10(4)13-6-7-14-11(5)9(3)12/h8-12H,6-7H2,1-5H3. The number of aliphatic hydroxyl groups is 1. The third-order valence-corrected chi connectivity index (χ3v) is 2.46. The van der Waals surface area contributed by atoms with Crippen LogP contribution in [0.5, 0.6) is 0 Å². The molecule has 86 valence electrons. The Morgan fingerprint density at radius 2 is 1.29 bits per heavy atom. The highest BCUT2D eigenvalue weighted by molar-refractivity contribution is 4.57. The Labute approximate surface area is 87.4 Å². The van der Waals surface area contributed by atoms with Crippen LogP contribution in [0.3, 0.4) is 0 Å². The van der Waals surface area contributed by atoms with E-state index < -0.39 is 6.10 Å². The van der Waals surface area contributed by atoms with Gasteiger partial charge in [0.2, 0.25) is 0 Å². The highest BCUT2D eigenvalue weighted by atomic mass is 16.5. The number of ether oxygens (including phenoxy) is 2. The van der Waals surface area contributed by atoms with Crippen molar-refractivity contribution in [1.82, 2.24) is 0 Å². The summed E-state index contributed by atoms with van der Waals surface area (Å²) in [5.74, 6) is 0.532. The Morgan fingerprint density at radius 1 is 0.857 bits per heavy atom. The zero-order valence-electron chi connectivity index (χ0n) is 9.99. The molecule has 0 aromatic rings. The highest BCUT2D eigenvalue weighted by Gasteiger charge is 2.10. The maximum Gasteiger partial charge on any atom is 0.0804 e. The average molecular weight is 204 g/mol. The lowest BCUT2D eigenvalue weighted by molar-refractivity contribution is -0.0572. The molecule has 0 rings (SSSR count). The van der Waals surface area contributed by atoms with Gasteiger partial charge in [0.1, 0.15) is 0 Å². The van der Waals surface area contributed by atoms with Crippen molar-refractivity contribution >= 4 is 0 Å². The van der Waals surface area contributed by atoms with Crippen LogP contribution in [0.4, 0.5) is 0 Å². The van der Waals surface area contributed by atoms with Gasteiger partial charge in [-0.05, 0) is 26.7 Å². The minimum atomic E-state index is -0.419. The van der Waals surface area contributed by atoms with Crippen molar-refractivity contribution in [1.29, 1.82) is 0 Å². The van der Waals surface area contributed by atoms with Crippen molar-refractivity contribution in [2.24, 2.45) is 5.92 Å². The van der Waals surface area contributed by atoms with Crippen LogP contribution in [0.1, 0.15) is 34.6 Å². The monoisotopic (exact) mass is 204 g/mol. The minimum Gasteiger partial charge on any atom is -0.391 e. The van der Waals surface area contributed by atoms with E-state index in [2.05, 4.69) is 20.8 Å². The van der Waals surface area contributed by atoms with E-state index in [-0.39, 0.29) is 12.2 Å². The van der Waals surface area contributed by atoms with E-state index in [0.717, 1.165) is 0 Å². The third-order valence-electron chi connectivity index (χ3n) is 2.46. The highest BCUT2D eigenvalue weighted by Crippen LogP contribution is 2.05. The minimum absolute atomic E-state index is 0.118. The van der Waals surface area contributed by atoms with Crippen LogP contribution in [0, 0.1) is 5.92 Å². The third kappa shape index (κ3) is 6.35. The fourth-order valence-corrected chi connectivity index (χ4v) is 0.800. The van der Waals surface area contributed by atoms with Gasteiger partial charge in [-0.3, -0.25) is 0 Å². The molecule has 3 atom stereocenters. The molecule has 0 spiro atoms. The summed E-state index contributed by atoms with van der Waals surface area (Å²) in [6.45, 7) is 11.0. The smallest absolute Gasteiger partial charge is 0.0804 e. The van der Waals surface area contributed by atoms with E-state index in [9.17, 15) is 0 Å². The Balaban J connectivity index is 3.38. The molecule has 0 fully saturated rings. The Bertz CT molecular complexity index is 118. The first-order chi connectivity index (χ1) is 6.45. The molecule has 3 heteroatoms. The van der Waals surface area contributed by atoms with Crippen LogP contribution < -0.4 is 0 Å². The summed E-state index contributed by atoms with van der Waals surface area (Å²) in [4.78, 5) is 0. The van der Waals surface area contributed by atoms with Crippen LogP contribution in [0.2, 0.25) is 0 Å². The first-order valence-corrected chi connectivity index (χ1v) is 5.36. The van der Waals surface area contributed by atoms with Crippen molar-refractivity contribution in [3.8, 4) is 0 Å². The van der Waals surface area contributed by atoms with E-state index in [1.54, 1.807) is 6.92 Å². The van der Waals surface area contributed by atoms with Gasteiger partial charge in [0, 0.05) is 0 Å². The molecule has 0 aromatic heterocycles. The number of hydrogen-bond acceptors (Lipinski definition) is 3. The van der Waals surface area contributed by atoms with Crippen LogP contribution in [-0.4, -0.2) is 36.6 Å². The molecule has 0 amide bonds. The van der Waals surface area contributed by atoms with Crippen molar-refractivity contribution < 1.29 is 14.6 Å². The van der Waals surface area contributed by atoms with Crippen molar-refractivity contribution in [2.45, 2.75) is 52.9 Å². The molecule has 0 radical (unpaired) electrons. The van der Waals surface area contributed by atoms with Gasteiger partial charge in [-0.2, -0.15) is 0 Å². The lowest BCUT2D eigenvalue weighted by atomic mass is 10.1. The van der Waals surface area contributed by atoms with Gasteiger partial charge in [-0.1, -0.05) is 13.8 Å². The van der Waals surface area contributed by atoms with Gasteiger partial charge in [0.25, 0.3) is 0 Å². The second-order valence-corrected chi connectivity index (χ2v) is 4.14. The zero-order chi connectivity index (χ0) is 11.1. The molecule has 0 aromatic carbocycles. The van der Waals surface area contributed by atoms with E-state index >= 15 is 0 Å². The van der Waals surface area contributed by atoms with E-state index in [1.165, 1.54) is 0 Å². The summed E-state index contributed by atoms with van der Waals surface area (Å²) in [7, 11) is 0. The SMILES string of the molecule is CC(C)C(C)OCCOC(C)C(C)O. The van der Waals surface area contributed by atoms with E-state index in [1.807, 2.05) is 6.92 Å². The molecule has 0 saturated heterocycles. The zero-order valence-corrected chi connectivity index (χ0v) is 9.99. The lowest BCUT2D eigenvalue weighted by Gasteiger charge is -2.19. The summed E-state index contributed by atoms with van der Waals surface area (Å²) in [5, 5.41) is 9.15. The Hall–Kier alpha value is -0.120. The van der Waals surface area contributed by atoms with Crippen molar-refractivity contribution in [3.05, 3.63) is 0 Å². The molecule has 0 aliphatic carbocycles. The summed E-state index contributed by atoms with van der Waals surface area (Å²) in [5.41, 5.74) is 0. The fraction of sp³-hybridized carbons (Fsp3) is 1.00. The van der Waals surface area contributed by atoms with Gasteiger partial charge in [0.15, 0.2) is 0 Å². The molecule has 0 aliphatic heterocycles. The second kappa shape index (κ2) is 7.21. The summed E-state index contributed by atoms with van der Waals surface area (Å²) < 4.78 is 10.9. The average Bonchev–Trinajstić information content (AvgIpc) is 2.11. The predicted molar refractivity (Wildman–Crippen MR) is 57.3 cm³/mol. The summed E-state index contributed by atoms with van der Waals surface area (Å²) >= 11 is 0. The lowest BCUT2D eigenvalue weighted by Crippen LogP contribution is -2.25. The van der Waals surface area contributed by atoms with Gasteiger partial charge in [0.05, 0.1) is 31.5 Å². The molecular weight excluding hydrogens is 180 g/mol. The molecule has 14 heavy (non-hydrogen) atoms. The Morgan fingerprint density at radius 3 is 1.64 bits per heavy atom. The van der Waals surface area contributed by atoms with Gasteiger partial charge in [-0.25, -0.2) is 0 Å². The summed E-state index contributed by atoms with van der Waals surface area (Å²) in [6.07, 6.45) is -0.272. The molecule has 0 aliphatic rings. The fourth-order valence-electron chi connectivity index (χ4n) is 0.800.